The lowest BCUT2D eigenvalue weighted by atomic mass is 9.89. The van der Waals surface area contributed by atoms with Crippen LogP contribution in [0.2, 0.25) is 0 Å². The van der Waals surface area contributed by atoms with Crippen LogP contribution < -0.4 is 5.32 Å². The van der Waals surface area contributed by atoms with E-state index in [0.717, 1.165) is 18.0 Å². The number of piperazine rings is 1. The first-order valence-electron chi connectivity index (χ1n) is 7.21. The van der Waals surface area contributed by atoms with E-state index in [4.69, 9.17) is 0 Å². The van der Waals surface area contributed by atoms with Crippen LogP contribution in [0.15, 0.2) is 0 Å². The van der Waals surface area contributed by atoms with Gasteiger partial charge in [0.25, 0.3) is 0 Å². The molecule has 2 aliphatic carbocycles. The van der Waals surface area contributed by atoms with E-state index in [1.807, 2.05) is 0 Å². The van der Waals surface area contributed by atoms with Gasteiger partial charge < -0.3 is 5.32 Å². The molecule has 92 valence electrons. The van der Waals surface area contributed by atoms with Crippen molar-refractivity contribution < 1.29 is 0 Å². The highest BCUT2D eigenvalue weighted by molar-refractivity contribution is 5.04. The molecule has 0 aromatic rings. The summed E-state index contributed by atoms with van der Waals surface area (Å²) in [4.78, 5) is 2.85. The first-order valence-corrected chi connectivity index (χ1v) is 7.21. The molecule has 3 rings (SSSR count). The van der Waals surface area contributed by atoms with E-state index in [0.29, 0.717) is 5.54 Å². The van der Waals surface area contributed by atoms with Crippen LogP contribution in [0, 0.1) is 5.92 Å². The molecule has 2 heteroatoms. The highest BCUT2D eigenvalue weighted by Crippen LogP contribution is 2.39. The van der Waals surface area contributed by atoms with Crippen LogP contribution in [0.4, 0.5) is 0 Å². The topological polar surface area (TPSA) is 15.3 Å². The maximum absolute atomic E-state index is 3.90. The second kappa shape index (κ2) is 3.99. The second-order valence-electron chi connectivity index (χ2n) is 6.58. The standard InChI is InChI=1S/C14H26N2/c1-11(2)13-9-15-14(7-3-4-8-14)10-16(13)12-5-6-12/h11-13,15H,3-10H2,1-2H3. The van der Waals surface area contributed by atoms with Crippen molar-refractivity contribution in [3.8, 4) is 0 Å². The Morgan fingerprint density at radius 2 is 1.88 bits per heavy atom. The van der Waals surface area contributed by atoms with Gasteiger partial charge in [-0.15, -0.1) is 0 Å². The van der Waals surface area contributed by atoms with Crippen molar-refractivity contribution >= 4 is 0 Å². The van der Waals surface area contributed by atoms with Crippen molar-refractivity contribution in [1.29, 1.82) is 0 Å². The SMILES string of the molecule is CC(C)C1CNC2(CCCC2)CN1C1CC1. The molecule has 0 aromatic carbocycles. The van der Waals surface area contributed by atoms with Crippen molar-refractivity contribution in [1.82, 2.24) is 10.2 Å². The fourth-order valence-electron chi connectivity index (χ4n) is 3.77. The summed E-state index contributed by atoms with van der Waals surface area (Å²) in [6, 6.07) is 1.73. The lowest BCUT2D eigenvalue weighted by Gasteiger charge is -2.48. The molecule has 3 fully saturated rings. The van der Waals surface area contributed by atoms with Crippen LogP contribution in [-0.2, 0) is 0 Å². The molecule has 1 heterocycles. The van der Waals surface area contributed by atoms with E-state index in [1.165, 1.54) is 51.6 Å². The summed E-state index contributed by atoms with van der Waals surface area (Å²) in [7, 11) is 0. The average Bonchev–Trinajstić information content (AvgIpc) is 3.02. The number of rotatable bonds is 2. The highest BCUT2D eigenvalue weighted by atomic mass is 15.3. The Kier molecular flexibility index (Phi) is 2.75. The number of hydrogen-bond acceptors (Lipinski definition) is 2. The Labute approximate surface area is 99.8 Å². The van der Waals surface area contributed by atoms with Gasteiger partial charge in [0, 0.05) is 30.7 Å². The third-order valence-electron chi connectivity index (χ3n) is 4.94. The van der Waals surface area contributed by atoms with Gasteiger partial charge in [0.2, 0.25) is 0 Å². The van der Waals surface area contributed by atoms with Crippen molar-refractivity contribution in [3.05, 3.63) is 0 Å². The Morgan fingerprint density at radius 1 is 1.19 bits per heavy atom. The second-order valence-corrected chi connectivity index (χ2v) is 6.58. The largest absolute Gasteiger partial charge is 0.308 e. The lowest BCUT2D eigenvalue weighted by Crippen LogP contribution is -2.64. The Balaban J connectivity index is 1.73. The number of nitrogens with zero attached hydrogens (tertiary/aromatic N) is 1. The van der Waals surface area contributed by atoms with Gasteiger partial charge >= 0.3 is 0 Å². The molecule has 0 radical (unpaired) electrons. The Bertz CT molecular complexity index is 251. The van der Waals surface area contributed by atoms with Crippen LogP contribution in [0.5, 0.6) is 0 Å². The molecule has 0 bridgehead atoms. The van der Waals surface area contributed by atoms with E-state index in [9.17, 15) is 0 Å². The minimum Gasteiger partial charge on any atom is -0.308 e. The summed E-state index contributed by atoms with van der Waals surface area (Å²) in [5.41, 5.74) is 0.508. The van der Waals surface area contributed by atoms with Gasteiger partial charge in [0.15, 0.2) is 0 Å². The van der Waals surface area contributed by atoms with Gasteiger partial charge in [0.05, 0.1) is 0 Å². The van der Waals surface area contributed by atoms with Gasteiger partial charge in [-0.05, 0) is 31.6 Å². The molecule has 16 heavy (non-hydrogen) atoms. The first kappa shape index (κ1) is 11.0. The summed E-state index contributed by atoms with van der Waals surface area (Å²) >= 11 is 0. The van der Waals surface area contributed by atoms with Crippen LogP contribution in [-0.4, -0.2) is 35.6 Å². The summed E-state index contributed by atoms with van der Waals surface area (Å²) < 4.78 is 0. The van der Waals surface area contributed by atoms with Crippen molar-refractivity contribution in [2.24, 2.45) is 5.92 Å². The van der Waals surface area contributed by atoms with E-state index in [-0.39, 0.29) is 0 Å². The summed E-state index contributed by atoms with van der Waals surface area (Å²) in [6.45, 7) is 7.33. The zero-order valence-electron chi connectivity index (χ0n) is 10.8. The lowest BCUT2D eigenvalue weighted by molar-refractivity contribution is 0.0503. The smallest absolute Gasteiger partial charge is 0.0309 e. The molecule has 3 aliphatic rings. The maximum Gasteiger partial charge on any atom is 0.0309 e. The fourth-order valence-corrected chi connectivity index (χ4v) is 3.77. The van der Waals surface area contributed by atoms with Crippen LogP contribution in [0.1, 0.15) is 52.4 Å². The van der Waals surface area contributed by atoms with Gasteiger partial charge in [-0.25, -0.2) is 0 Å². The average molecular weight is 222 g/mol. The molecule has 0 aromatic heterocycles. The predicted octanol–water partition coefficient (Wildman–Crippen LogP) is 2.39. The Morgan fingerprint density at radius 3 is 2.44 bits per heavy atom. The third kappa shape index (κ3) is 1.91. The molecule has 1 N–H and O–H groups in total. The molecular formula is C14H26N2. The van der Waals surface area contributed by atoms with Crippen LogP contribution in [0.25, 0.3) is 0 Å². The van der Waals surface area contributed by atoms with Gasteiger partial charge in [-0.2, -0.15) is 0 Å². The normalized spacial score (nSPS) is 35.1. The van der Waals surface area contributed by atoms with Crippen molar-refractivity contribution in [2.75, 3.05) is 13.1 Å². The monoisotopic (exact) mass is 222 g/mol. The summed E-state index contributed by atoms with van der Waals surface area (Å²) in [6.07, 6.45) is 8.64. The fraction of sp³-hybridized carbons (Fsp3) is 1.00. The molecule has 1 aliphatic heterocycles. The van der Waals surface area contributed by atoms with Gasteiger partial charge in [0.1, 0.15) is 0 Å². The van der Waals surface area contributed by atoms with Crippen molar-refractivity contribution in [3.63, 3.8) is 0 Å². The molecule has 1 spiro atoms. The molecule has 1 unspecified atom stereocenters. The molecule has 0 amide bonds. The molecule has 1 saturated heterocycles. The van der Waals surface area contributed by atoms with Crippen LogP contribution in [0.3, 0.4) is 0 Å². The minimum absolute atomic E-state index is 0.508. The van der Waals surface area contributed by atoms with E-state index < -0.39 is 0 Å². The third-order valence-corrected chi connectivity index (χ3v) is 4.94. The number of nitrogens with one attached hydrogen (secondary N) is 1. The maximum atomic E-state index is 3.90. The van der Waals surface area contributed by atoms with Crippen LogP contribution >= 0.6 is 0 Å². The summed E-state index contributed by atoms with van der Waals surface area (Å²) in [5, 5.41) is 3.90. The quantitative estimate of drug-likeness (QED) is 0.772. The Hall–Kier alpha value is -0.0800. The molecule has 1 atom stereocenters. The van der Waals surface area contributed by atoms with Gasteiger partial charge in [-0.1, -0.05) is 26.7 Å². The summed E-state index contributed by atoms with van der Waals surface area (Å²) in [5.74, 6) is 0.798. The molecular weight excluding hydrogens is 196 g/mol. The minimum atomic E-state index is 0.508. The molecule has 2 saturated carbocycles. The number of hydrogen-bond donors (Lipinski definition) is 1. The molecule has 2 nitrogen and oxygen atoms in total. The highest BCUT2D eigenvalue weighted by Gasteiger charge is 2.46. The predicted molar refractivity (Wildman–Crippen MR) is 67.6 cm³/mol. The van der Waals surface area contributed by atoms with E-state index >= 15 is 0 Å². The zero-order valence-corrected chi connectivity index (χ0v) is 10.8. The zero-order chi connectivity index (χ0) is 11.2. The van der Waals surface area contributed by atoms with Crippen molar-refractivity contribution in [2.45, 2.75) is 70.0 Å². The van der Waals surface area contributed by atoms with Gasteiger partial charge in [-0.3, -0.25) is 4.90 Å². The van der Waals surface area contributed by atoms with E-state index in [2.05, 4.69) is 24.1 Å². The van der Waals surface area contributed by atoms with E-state index in [1.54, 1.807) is 0 Å². The first-order chi connectivity index (χ1) is 7.70.